The Morgan fingerprint density at radius 2 is 2.62 bits per heavy atom. The Balaban J connectivity index is 2.36. The maximum atomic E-state index is 10.9. The van der Waals surface area contributed by atoms with Gasteiger partial charge in [0.2, 0.25) is 5.91 Å². The van der Waals surface area contributed by atoms with Crippen LogP contribution in [0, 0.1) is 18.3 Å². The fourth-order valence-electron chi connectivity index (χ4n) is 0.813. The molecule has 0 unspecified atom stereocenters. The quantitative estimate of drug-likeness (QED) is 0.781. The third-order valence-corrected chi connectivity index (χ3v) is 2.20. The fourth-order valence-corrected chi connectivity index (χ4v) is 1.43. The van der Waals surface area contributed by atoms with Gasteiger partial charge in [-0.2, -0.15) is 5.26 Å². The number of aromatic nitrogens is 1. The molecule has 1 rings (SSSR count). The third kappa shape index (κ3) is 3.22. The summed E-state index contributed by atoms with van der Waals surface area (Å²) in [4.78, 5) is 15.0. The minimum absolute atomic E-state index is 0.0941. The van der Waals surface area contributed by atoms with Gasteiger partial charge in [0.15, 0.2) is 0 Å². The van der Waals surface area contributed by atoms with Gasteiger partial charge in [0, 0.05) is 5.38 Å². The van der Waals surface area contributed by atoms with Crippen LogP contribution in [0.1, 0.15) is 17.1 Å². The molecule has 4 nitrogen and oxygen atoms in total. The van der Waals surface area contributed by atoms with E-state index in [1.165, 1.54) is 0 Å². The van der Waals surface area contributed by atoms with E-state index in [1.807, 2.05) is 12.3 Å². The molecule has 0 aliphatic carbocycles. The van der Waals surface area contributed by atoms with Crippen molar-refractivity contribution >= 4 is 17.2 Å². The van der Waals surface area contributed by atoms with E-state index >= 15 is 0 Å². The van der Waals surface area contributed by atoms with Gasteiger partial charge in [-0.3, -0.25) is 4.79 Å². The summed E-state index contributed by atoms with van der Waals surface area (Å²) in [7, 11) is 0. The molecule has 1 aromatic rings. The van der Waals surface area contributed by atoms with Gasteiger partial charge >= 0.3 is 0 Å². The van der Waals surface area contributed by atoms with Gasteiger partial charge in [0.25, 0.3) is 0 Å². The van der Waals surface area contributed by atoms with E-state index in [-0.39, 0.29) is 12.3 Å². The summed E-state index contributed by atoms with van der Waals surface area (Å²) in [6, 6.07) is 1.78. The number of carbonyl (C=O) groups excluding carboxylic acids is 1. The molecule has 0 aromatic carbocycles. The molecule has 1 heterocycles. The van der Waals surface area contributed by atoms with E-state index in [4.69, 9.17) is 5.26 Å². The zero-order chi connectivity index (χ0) is 9.68. The van der Waals surface area contributed by atoms with Crippen molar-refractivity contribution in [2.24, 2.45) is 0 Å². The normalized spacial score (nSPS) is 9.23. The molecule has 0 fully saturated rings. The van der Waals surface area contributed by atoms with Crippen LogP contribution in [0.15, 0.2) is 5.38 Å². The number of nitriles is 1. The van der Waals surface area contributed by atoms with Crippen LogP contribution in [-0.2, 0) is 11.3 Å². The molecule has 68 valence electrons. The van der Waals surface area contributed by atoms with Crippen LogP contribution in [0.25, 0.3) is 0 Å². The van der Waals surface area contributed by atoms with Crippen LogP contribution in [0.4, 0.5) is 0 Å². The maximum Gasteiger partial charge on any atom is 0.234 e. The second-order valence-corrected chi connectivity index (χ2v) is 3.53. The lowest BCUT2D eigenvalue weighted by Crippen LogP contribution is -2.21. The predicted molar refractivity (Wildman–Crippen MR) is 48.9 cm³/mol. The number of nitrogens with zero attached hydrogens (tertiary/aromatic N) is 2. The van der Waals surface area contributed by atoms with Gasteiger partial charge in [0.1, 0.15) is 6.42 Å². The second-order valence-electron chi connectivity index (χ2n) is 2.47. The lowest BCUT2D eigenvalue weighted by atomic mass is 10.4. The standard InChI is InChI=1S/C8H9N3OS/c1-6-11-7(5-13-6)4-10-8(12)2-3-9/h5H,2,4H2,1H3,(H,10,12). The van der Waals surface area contributed by atoms with Crippen molar-refractivity contribution in [3.63, 3.8) is 0 Å². The lowest BCUT2D eigenvalue weighted by molar-refractivity contribution is -0.120. The molecule has 13 heavy (non-hydrogen) atoms. The highest BCUT2D eigenvalue weighted by molar-refractivity contribution is 7.09. The van der Waals surface area contributed by atoms with Crippen molar-refractivity contribution in [1.29, 1.82) is 5.26 Å². The maximum absolute atomic E-state index is 10.9. The summed E-state index contributed by atoms with van der Waals surface area (Å²) < 4.78 is 0. The molecule has 1 aromatic heterocycles. The minimum Gasteiger partial charge on any atom is -0.350 e. The highest BCUT2D eigenvalue weighted by Crippen LogP contribution is 2.06. The predicted octanol–water partition coefficient (Wildman–Crippen LogP) is 0.981. The van der Waals surface area contributed by atoms with Crippen LogP contribution >= 0.6 is 11.3 Å². The number of hydrogen-bond acceptors (Lipinski definition) is 4. The number of nitrogens with one attached hydrogen (secondary N) is 1. The summed E-state index contributed by atoms with van der Waals surface area (Å²) in [6.45, 7) is 2.32. The summed E-state index contributed by atoms with van der Waals surface area (Å²) in [6.07, 6.45) is -0.0941. The molecule has 0 saturated heterocycles. The molecule has 0 aliphatic heterocycles. The number of rotatable bonds is 3. The molecule has 5 heteroatoms. The Bertz CT molecular complexity index is 339. The van der Waals surface area contributed by atoms with E-state index in [2.05, 4.69) is 10.3 Å². The van der Waals surface area contributed by atoms with Crippen LogP contribution < -0.4 is 5.32 Å². The van der Waals surface area contributed by atoms with E-state index < -0.39 is 0 Å². The first-order valence-corrected chi connectivity index (χ1v) is 4.65. The van der Waals surface area contributed by atoms with Gasteiger partial charge in [-0.25, -0.2) is 4.98 Å². The zero-order valence-electron chi connectivity index (χ0n) is 7.20. The van der Waals surface area contributed by atoms with Gasteiger partial charge in [-0.05, 0) is 6.92 Å². The van der Waals surface area contributed by atoms with Crippen molar-refractivity contribution in [3.05, 3.63) is 16.1 Å². The summed E-state index contributed by atoms with van der Waals surface area (Å²) in [5, 5.41) is 13.7. The number of aryl methyl sites for hydroxylation is 1. The summed E-state index contributed by atoms with van der Waals surface area (Å²) in [5.74, 6) is -0.256. The Hall–Kier alpha value is -1.41. The molecule has 1 N–H and O–H groups in total. The number of thiazole rings is 1. The monoisotopic (exact) mass is 195 g/mol. The number of hydrogen-bond donors (Lipinski definition) is 1. The van der Waals surface area contributed by atoms with Crippen LogP contribution in [0.5, 0.6) is 0 Å². The third-order valence-electron chi connectivity index (χ3n) is 1.37. The average molecular weight is 195 g/mol. The van der Waals surface area contributed by atoms with E-state index in [0.29, 0.717) is 6.54 Å². The summed E-state index contributed by atoms with van der Waals surface area (Å²) >= 11 is 1.54. The van der Waals surface area contributed by atoms with E-state index in [9.17, 15) is 4.79 Å². The molecule has 0 saturated carbocycles. The zero-order valence-corrected chi connectivity index (χ0v) is 8.02. The Morgan fingerprint density at radius 1 is 1.85 bits per heavy atom. The second kappa shape index (κ2) is 4.58. The van der Waals surface area contributed by atoms with E-state index in [0.717, 1.165) is 10.7 Å². The number of carbonyl (C=O) groups is 1. The van der Waals surface area contributed by atoms with Crippen LogP contribution in [0.3, 0.4) is 0 Å². The van der Waals surface area contributed by atoms with Crippen LogP contribution in [0.2, 0.25) is 0 Å². The van der Waals surface area contributed by atoms with Gasteiger partial charge in [0.05, 0.1) is 23.3 Å². The Kier molecular flexibility index (Phi) is 3.41. The molecular weight excluding hydrogens is 186 g/mol. The fraction of sp³-hybridized carbons (Fsp3) is 0.375. The average Bonchev–Trinajstić information content (AvgIpc) is 2.49. The molecule has 0 radical (unpaired) electrons. The Morgan fingerprint density at radius 3 is 3.15 bits per heavy atom. The highest BCUT2D eigenvalue weighted by atomic mass is 32.1. The topological polar surface area (TPSA) is 65.8 Å². The minimum atomic E-state index is -0.256. The first-order valence-electron chi connectivity index (χ1n) is 3.77. The van der Waals surface area contributed by atoms with Gasteiger partial charge in [-0.15, -0.1) is 11.3 Å². The Labute approximate surface area is 80.2 Å². The summed E-state index contributed by atoms with van der Waals surface area (Å²) in [5.41, 5.74) is 0.841. The van der Waals surface area contributed by atoms with E-state index in [1.54, 1.807) is 17.4 Å². The molecule has 0 atom stereocenters. The highest BCUT2D eigenvalue weighted by Gasteiger charge is 2.01. The van der Waals surface area contributed by atoms with Gasteiger partial charge < -0.3 is 5.32 Å². The lowest BCUT2D eigenvalue weighted by Gasteiger charge is -1.97. The van der Waals surface area contributed by atoms with Crippen molar-refractivity contribution in [2.45, 2.75) is 19.9 Å². The number of amides is 1. The van der Waals surface area contributed by atoms with Gasteiger partial charge in [-0.1, -0.05) is 0 Å². The largest absolute Gasteiger partial charge is 0.350 e. The first kappa shape index (κ1) is 9.68. The van der Waals surface area contributed by atoms with Crippen molar-refractivity contribution < 1.29 is 4.79 Å². The molecular formula is C8H9N3OS. The molecule has 0 bridgehead atoms. The molecule has 0 spiro atoms. The molecule has 0 aliphatic rings. The van der Waals surface area contributed by atoms with Crippen molar-refractivity contribution in [1.82, 2.24) is 10.3 Å². The molecule has 1 amide bonds. The van der Waals surface area contributed by atoms with Crippen molar-refractivity contribution in [2.75, 3.05) is 0 Å². The first-order chi connectivity index (χ1) is 6.22. The van der Waals surface area contributed by atoms with Crippen LogP contribution in [-0.4, -0.2) is 10.9 Å². The SMILES string of the molecule is Cc1nc(CNC(=O)CC#N)cs1. The smallest absolute Gasteiger partial charge is 0.234 e. The van der Waals surface area contributed by atoms with Crippen molar-refractivity contribution in [3.8, 4) is 6.07 Å².